The quantitative estimate of drug-likeness (QED) is 0.373. The third kappa shape index (κ3) is 3.16. The third-order valence-electron chi connectivity index (χ3n) is 2.84. The first-order valence-corrected chi connectivity index (χ1v) is 6.12. The van der Waals surface area contributed by atoms with Crippen molar-refractivity contribution in [3.05, 3.63) is 16.2 Å². The van der Waals surface area contributed by atoms with Crippen LogP contribution in [-0.2, 0) is 11.3 Å². The zero-order valence-corrected chi connectivity index (χ0v) is 11.2. The summed E-state index contributed by atoms with van der Waals surface area (Å²) in [5.41, 5.74) is 4.82. The molecule has 0 aliphatic carbocycles. The number of nitrogens with one attached hydrogen (secondary N) is 1. The first-order valence-electron chi connectivity index (χ1n) is 6.12. The van der Waals surface area contributed by atoms with Gasteiger partial charge in [-0.1, -0.05) is 0 Å². The Bertz CT molecular complexity index is 667. The summed E-state index contributed by atoms with van der Waals surface area (Å²) in [5, 5.41) is 39.3. The van der Waals surface area contributed by atoms with Crippen molar-refractivity contribution in [2.45, 2.75) is 31.8 Å². The van der Waals surface area contributed by atoms with E-state index in [2.05, 4.69) is 20.3 Å². The molecule has 0 spiro atoms. The van der Waals surface area contributed by atoms with Gasteiger partial charge in [0, 0.05) is 0 Å². The number of rotatable bonds is 6. The van der Waals surface area contributed by atoms with E-state index >= 15 is 0 Å². The van der Waals surface area contributed by atoms with Crippen LogP contribution in [0.5, 0.6) is 0 Å². The van der Waals surface area contributed by atoms with Crippen LogP contribution < -0.4 is 11.3 Å². The van der Waals surface area contributed by atoms with E-state index < -0.39 is 30.5 Å². The summed E-state index contributed by atoms with van der Waals surface area (Å²) in [5.74, 6) is 0.0512. The Kier molecular flexibility index (Phi) is 4.47. The molecule has 0 aliphatic rings. The monoisotopic (exact) mass is 300 g/mol. The summed E-state index contributed by atoms with van der Waals surface area (Å²) in [6.07, 6.45) is -3.36. The highest BCUT2D eigenvalue weighted by molar-refractivity contribution is 5.34. The summed E-state index contributed by atoms with van der Waals surface area (Å²) < 4.78 is 6.38. The molecule has 0 radical (unpaired) electrons. The Labute approximate surface area is 118 Å². The van der Waals surface area contributed by atoms with Crippen molar-refractivity contribution in [1.82, 2.24) is 24.8 Å². The van der Waals surface area contributed by atoms with Gasteiger partial charge in [0.2, 0.25) is 11.6 Å². The number of hydrogen-bond acceptors (Lipinski definition) is 9. The molecule has 2 aromatic rings. The number of aromatic amines is 1. The fourth-order valence-electron chi connectivity index (χ4n) is 1.71. The van der Waals surface area contributed by atoms with Gasteiger partial charge in [-0.15, -0.1) is 15.3 Å². The molecule has 0 amide bonds. The zero-order valence-electron chi connectivity index (χ0n) is 11.2. The lowest BCUT2D eigenvalue weighted by Gasteiger charge is -2.22. The maximum atomic E-state index is 11.6. The van der Waals surface area contributed by atoms with Crippen LogP contribution in [0.1, 0.15) is 12.7 Å². The summed E-state index contributed by atoms with van der Waals surface area (Å²) in [7, 11) is 0. The van der Waals surface area contributed by atoms with Gasteiger partial charge >= 0.3 is 0 Å². The lowest BCUT2D eigenvalue weighted by atomic mass is 10.1. The van der Waals surface area contributed by atoms with Gasteiger partial charge < -0.3 is 25.8 Å². The zero-order chi connectivity index (χ0) is 15.6. The van der Waals surface area contributed by atoms with Crippen molar-refractivity contribution in [2.24, 2.45) is 0 Å². The second-order valence-electron chi connectivity index (χ2n) is 4.45. The topological polar surface area (TPSA) is 172 Å². The Morgan fingerprint density at radius 2 is 2.14 bits per heavy atom. The van der Waals surface area contributed by atoms with Gasteiger partial charge in [0.05, 0.1) is 12.7 Å². The minimum absolute atomic E-state index is 0.0561. The van der Waals surface area contributed by atoms with Crippen molar-refractivity contribution < 1.29 is 20.1 Å². The molecular formula is C10H16N6O5. The molecule has 2 aromatic heterocycles. The van der Waals surface area contributed by atoms with Gasteiger partial charge in [0.1, 0.15) is 18.8 Å². The fourth-order valence-corrected chi connectivity index (χ4v) is 1.71. The first kappa shape index (κ1) is 15.3. The molecule has 6 N–H and O–H groups in total. The molecule has 0 fully saturated rings. The van der Waals surface area contributed by atoms with Gasteiger partial charge in [-0.05, 0) is 6.92 Å². The van der Waals surface area contributed by atoms with Gasteiger partial charge in [-0.3, -0.25) is 9.78 Å². The molecule has 2 rings (SSSR count). The number of anilines is 1. The number of nitrogens with zero attached hydrogens (tertiary/aromatic N) is 4. The fraction of sp³-hybridized carbons (Fsp3) is 0.600. The largest absolute Gasteiger partial charge is 0.394 e. The SMILES string of the molecule is CC(O)[C@H](O)[C@@H](CO)OCc1nnc2c(=O)[nH]c(N)nn12. The molecule has 0 aliphatic heterocycles. The number of nitrogen functional groups attached to an aromatic ring is 1. The van der Waals surface area contributed by atoms with E-state index in [4.69, 9.17) is 15.6 Å². The van der Waals surface area contributed by atoms with Crippen LogP contribution in [0.3, 0.4) is 0 Å². The predicted octanol–water partition coefficient (Wildman–Crippen LogP) is -2.99. The van der Waals surface area contributed by atoms with Gasteiger partial charge in [0.15, 0.2) is 5.82 Å². The second kappa shape index (κ2) is 6.13. The van der Waals surface area contributed by atoms with Gasteiger partial charge in [-0.25, -0.2) is 0 Å². The molecule has 11 heteroatoms. The van der Waals surface area contributed by atoms with E-state index in [1.165, 1.54) is 6.92 Å². The molecule has 0 saturated carbocycles. The van der Waals surface area contributed by atoms with Crippen LogP contribution in [0, 0.1) is 0 Å². The number of aliphatic hydroxyl groups excluding tert-OH is 3. The Morgan fingerprint density at radius 1 is 1.43 bits per heavy atom. The lowest BCUT2D eigenvalue weighted by molar-refractivity contribution is -0.109. The number of fused-ring (bicyclic) bond motifs is 1. The molecule has 3 atom stereocenters. The van der Waals surface area contributed by atoms with Crippen LogP contribution in [0.4, 0.5) is 5.95 Å². The number of hydrogen-bond donors (Lipinski definition) is 5. The van der Waals surface area contributed by atoms with Crippen molar-refractivity contribution in [2.75, 3.05) is 12.3 Å². The van der Waals surface area contributed by atoms with E-state index in [-0.39, 0.29) is 24.0 Å². The molecule has 21 heavy (non-hydrogen) atoms. The minimum Gasteiger partial charge on any atom is -0.394 e. The minimum atomic E-state index is -1.27. The van der Waals surface area contributed by atoms with Crippen molar-refractivity contribution in [3.63, 3.8) is 0 Å². The molecular weight excluding hydrogens is 284 g/mol. The second-order valence-corrected chi connectivity index (χ2v) is 4.45. The van der Waals surface area contributed by atoms with Crippen LogP contribution in [0.15, 0.2) is 4.79 Å². The standard InChI is InChI=1S/C10H16N6O5/c1-4(18)7(19)5(2-17)21-3-6-13-14-8-9(20)12-10(11)15-16(6)8/h4-5,7,17-19H,2-3H2,1H3,(H3,11,12,15,20)/t4?,5-,7+/m1/s1. The number of H-pyrrole nitrogens is 1. The van der Waals surface area contributed by atoms with Crippen molar-refractivity contribution in [1.29, 1.82) is 0 Å². The van der Waals surface area contributed by atoms with Gasteiger partial charge in [-0.2, -0.15) is 4.52 Å². The average Bonchev–Trinajstić information content (AvgIpc) is 2.82. The Hall–Kier alpha value is -2.08. The first-order chi connectivity index (χ1) is 9.93. The average molecular weight is 300 g/mol. The smallest absolute Gasteiger partial charge is 0.297 e. The molecule has 2 heterocycles. The van der Waals surface area contributed by atoms with E-state index in [0.29, 0.717) is 0 Å². The predicted molar refractivity (Wildman–Crippen MR) is 69.2 cm³/mol. The maximum absolute atomic E-state index is 11.6. The summed E-state index contributed by atoms with van der Waals surface area (Å²) in [6.45, 7) is 0.677. The van der Waals surface area contributed by atoms with Crippen molar-refractivity contribution >= 4 is 11.6 Å². The summed E-state index contributed by atoms with van der Waals surface area (Å²) >= 11 is 0. The van der Waals surface area contributed by atoms with Crippen LogP contribution in [0.25, 0.3) is 5.65 Å². The highest BCUT2D eigenvalue weighted by atomic mass is 16.5. The molecule has 0 saturated heterocycles. The molecule has 11 nitrogen and oxygen atoms in total. The van der Waals surface area contributed by atoms with E-state index in [0.717, 1.165) is 4.52 Å². The molecule has 116 valence electrons. The molecule has 0 bridgehead atoms. The Balaban J connectivity index is 2.19. The maximum Gasteiger partial charge on any atom is 0.297 e. The van der Waals surface area contributed by atoms with E-state index in [1.54, 1.807) is 0 Å². The van der Waals surface area contributed by atoms with Crippen molar-refractivity contribution in [3.8, 4) is 0 Å². The van der Waals surface area contributed by atoms with Gasteiger partial charge in [0.25, 0.3) is 5.56 Å². The number of ether oxygens (including phenoxy) is 1. The summed E-state index contributed by atoms with van der Waals surface area (Å²) in [6, 6.07) is 0. The van der Waals surface area contributed by atoms with E-state index in [9.17, 15) is 15.0 Å². The highest BCUT2D eigenvalue weighted by Crippen LogP contribution is 2.08. The van der Waals surface area contributed by atoms with Crippen LogP contribution in [0.2, 0.25) is 0 Å². The number of aliphatic hydroxyl groups is 3. The molecule has 1 unspecified atom stereocenters. The normalized spacial score (nSPS) is 16.0. The number of nitrogens with two attached hydrogens (primary N) is 1. The van der Waals surface area contributed by atoms with E-state index in [1.807, 2.05) is 0 Å². The Morgan fingerprint density at radius 3 is 2.76 bits per heavy atom. The summed E-state index contributed by atoms with van der Waals surface area (Å²) in [4.78, 5) is 13.8. The third-order valence-corrected chi connectivity index (χ3v) is 2.84. The number of aromatic nitrogens is 5. The van der Waals surface area contributed by atoms with Crippen LogP contribution in [-0.4, -0.2) is 65.0 Å². The lowest BCUT2D eigenvalue weighted by Crippen LogP contribution is -2.40. The van der Waals surface area contributed by atoms with Crippen LogP contribution >= 0.6 is 0 Å². The highest BCUT2D eigenvalue weighted by Gasteiger charge is 2.24. The molecule has 0 aromatic carbocycles.